The van der Waals surface area contributed by atoms with Crippen LogP contribution in [0.3, 0.4) is 0 Å². The van der Waals surface area contributed by atoms with Crippen molar-refractivity contribution in [3.8, 4) is 5.75 Å². The maximum atomic E-state index is 11.2. The first-order valence-corrected chi connectivity index (χ1v) is 10.7. The van der Waals surface area contributed by atoms with Gasteiger partial charge in [-0.05, 0) is 43.2 Å². The van der Waals surface area contributed by atoms with Gasteiger partial charge in [0.2, 0.25) is 0 Å². The van der Waals surface area contributed by atoms with Gasteiger partial charge in [0, 0.05) is 36.7 Å². The highest BCUT2D eigenvalue weighted by atomic mass is 16.5. The molecule has 1 aliphatic rings. The molecule has 0 saturated carbocycles. The predicted octanol–water partition coefficient (Wildman–Crippen LogP) is 4.05. The third-order valence-corrected chi connectivity index (χ3v) is 6.26. The van der Waals surface area contributed by atoms with E-state index in [1.165, 1.54) is 0 Å². The highest BCUT2D eigenvalue weighted by Gasteiger charge is 2.36. The number of aliphatic hydroxyl groups excluding tert-OH is 1. The highest BCUT2D eigenvalue weighted by Crippen LogP contribution is 2.34. The van der Waals surface area contributed by atoms with E-state index in [1.807, 2.05) is 59.5 Å². The van der Waals surface area contributed by atoms with Crippen LogP contribution in [-0.4, -0.2) is 46.0 Å². The lowest BCUT2D eigenvalue weighted by Crippen LogP contribution is -2.47. The lowest BCUT2D eigenvalue weighted by atomic mass is 9.84. The summed E-state index contributed by atoms with van der Waals surface area (Å²) in [6.07, 6.45) is 4.41. The van der Waals surface area contributed by atoms with Crippen molar-refractivity contribution in [2.45, 2.75) is 31.1 Å². The molecule has 0 bridgehead atoms. The average Bonchev–Trinajstić information content (AvgIpc) is 3.29. The van der Waals surface area contributed by atoms with Gasteiger partial charge in [-0.2, -0.15) is 0 Å². The van der Waals surface area contributed by atoms with Crippen LogP contribution in [-0.2, 0) is 5.60 Å². The molecule has 160 valence electrons. The molecule has 3 heterocycles. The van der Waals surface area contributed by atoms with E-state index in [2.05, 4.69) is 4.98 Å². The fraction of sp³-hybridized carbons (Fsp3) is 0.320. The van der Waals surface area contributed by atoms with Crippen LogP contribution in [0.25, 0.3) is 21.9 Å². The fourth-order valence-electron chi connectivity index (χ4n) is 4.36. The first-order chi connectivity index (χ1) is 15.1. The second kappa shape index (κ2) is 8.30. The molecule has 0 unspecified atom stereocenters. The Labute approximate surface area is 180 Å². The van der Waals surface area contributed by atoms with E-state index in [1.54, 1.807) is 12.5 Å². The predicted molar refractivity (Wildman–Crippen MR) is 119 cm³/mol. The molecular weight excluding hydrogens is 392 g/mol. The van der Waals surface area contributed by atoms with Crippen molar-refractivity contribution in [1.82, 2.24) is 9.88 Å². The van der Waals surface area contributed by atoms with Crippen molar-refractivity contribution in [2.24, 2.45) is 0 Å². The van der Waals surface area contributed by atoms with Crippen LogP contribution in [0.15, 0.2) is 71.5 Å². The minimum Gasteiger partial charge on any atom is -0.493 e. The quantitative estimate of drug-likeness (QED) is 0.492. The SMILES string of the molecule is O[C@@H](CCOc1cccc2occc12)N1CCC(O)(c2cnc3ccccc3c2)CC1. The Bertz CT molecular complexity index is 1180. The number of fused-ring (bicyclic) bond motifs is 2. The zero-order valence-corrected chi connectivity index (χ0v) is 17.3. The lowest BCUT2D eigenvalue weighted by molar-refractivity contribution is -0.0819. The summed E-state index contributed by atoms with van der Waals surface area (Å²) >= 11 is 0. The Morgan fingerprint density at radius 1 is 1.10 bits per heavy atom. The molecule has 4 aromatic rings. The van der Waals surface area contributed by atoms with Crippen LogP contribution in [0.4, 0.5) is 0 Å². The molecular formula is C25H26N2O4. The summed E-state index contributed by atoms with van der Waals surface area (Å²) in [5.41, 5.74) is 1.64. The highest BCUT2D eigenvalue weighted by molar-refractivity contribution is 5.83. The van der Waals surface area contributed by atoms with Crippen molar-refractivity contribution in [1.29, 1.82) is 0 Å². The van der Waals surface area contributed by atoms with E-state index in [-0.39, 0.29) is 0 Å². The number of aliphatic hydroxyl groups is 2. The van der Waals surface area contributed by atoms with E-state index in [0.717, 1.165) is 33.2 Å². The van der Waals surface area contributed by atoms with Gasteiger partial charge in [0.15, 0.2) is 0 Å². The summed E-state index contributed by atoms with van der Waals surface area (Å²) in [4.78, 5) is 6.50. The fourth-order valence-corrected chi connectivity index (χ4v) is 4.36. The van der Waals surface area contributed by atoms with Crippen LogP contribution in [0.1, 0.15) is 24.8 Å². The number of likely N-dealkylation sites (tertiary alicyclic amines) is 1. The van der Waals surface area contributed by atoms with E-state index in [9.17, 15) is 10.2 Å². The molecule has 6 nitrogen and oxygen atoms in total. The number of furan rings is 1. The maximum absolute atomic E-state index is 11.2. The number of aromatic nitrogens is 1. The van der Waals surface area contributed by atoms with Crippen molar-refractivity contribution in [3.05, 3.63) is 72.6 Å². The molecule has 6 heteroatoms. The number of rotatable bonds is 6. The van der Waals surface area contributed by atoms with Crippen LogP contribution in [0, 0.1) is 0 Å². The molecule has 2 aromatic heterocycles. The standard InChI is InChI=1S/C25H26N2O4/c28-24(9-15-31-23-7-3-6-22-20(23)8-14-30-22)27-12-10-25(29,11-13-27)19-16-18-4-1-2-5-21(18)26-17-19/h1-8,14,16-17,24,28-29H,9-13,15H2/t24-/m0/s1. The zero-order valence-electron chi connectivity index (χ0n) is 17.3. The molecule has 1 fully saturated rings. The van der Waals surface area contributed by atoms with Gasteiger partial charge in [0.05, 0.1) is 29.4 Å². The molecule has 2 N–H and O–H groups in total. The Morgan fingerprint density at radius 3 is 2.81 bits per heavy atom. The number of para-hydroxylation sites is 1. The van der Waals surface area contributed by atoms with Gasteiger partial charge in [0.1, 0.15) is 17.6 Å². The summed E-state index contributed by atoms with van der Waals surface area (Å²) in [5, 5.41) is 23.8. The summed E-state index contributed by atoms with van der Waals surface area (Å²) in [5.74, 6) is 0.760. The normalized spacial score (nSPS) is 17.7. The third kappa shape index (κ3) is 4.02. The first kappa shape index (κ1) is 20.0. The second-order valence-corrected chi connectivity index (χ2v) is 8.19. The topological polar surface area (TPSA) is 79.0 Å². The molecule has 0 amide bonds. The average molecular weight is 418 g/mol. The van der Waals surface area contributed by atoms with Gasteiger partial charge in [-0.15, -0.1) is 0 Å². The van der Waals surface area contributed by atoms with E-state index < -0.39 is 11.8 Å². The Morgan fingerprint density at radius 2 is 1.94 bits per heavy atom. The lowest BCUT2D eigenvalue weighted by Gasteiger charge is -2.40. The number of piperidine rings is 1. The number of pyridine rings is 1. The minimum atomic E-state index is -0.916. The van der Waals surface area contributed by atoms with Crippen LogP contribution >= 0.6 is 0 Å². The summed E-state index contributed by atoms with van der Waals surface area (Å²) < 4.78 is 11.3. The molecule has 1 atom stereocenters. The van der Waals surface area contributed by atoms with Gasteiger partial charge >= 0.3 is 0 Å². The molecule has 0 aliphatic carbocycles. The zero-order chi connectivity index (χ0) is 21.3. The van der Waals surface area contributed by atoms with Gasteiger partial charge < -0.3 is 19.4 Å². The Kier molecular flexibility index (Phi) is 5.36. The van der Waals surface area contributed by atoms with E-state index in [0.29, 0.717) is 39.0 Å². The van der Waals surface area contributed by atoms with Crippen molar-refractivity contribution >= 4 is 21.9 Å². The van der Waals surface area contributed by atoms with Crippen molar-refractivity contribution in [3.63, 3.8) is 0 Å². The summed E-state index contributed by atoms with van der Waals surface area (Å²) in [7, 11) is 0. The Balaban J connectivity index is 1.17. The maximum Gasteiger partial charge on any atom is 0.137 e. The largest absolute Gasteiger partial charge is 0.493 e. The molecule has 31 heavy (non-hydrogen) atoms. The van der Waals surface area contributed by atoms with Crippen molar-refractivity contribution < 1.29 is 19.4 Å². The van der Waals surface area contributed by atoms with Crippen LogP contribution in [0.5, 0.6) is 5.75 Å². The van der Waals surface area contributed by atoms with E-state index in [4.69, 9.17) is 9.15 Å². The van der Waals surface area contributed by atoms with Gasteiger partial charge in [-0.1, -0.05) is 24.3 Å². The smallest absolute Gasteiger partial charge is 0.137 e. The van der Waals surface area contributed by atoms with Crippen LogP contribution in [0.2, 0.25) is 0 Å². The van der Waals surface area contributed by atoms with Crippen LogP contribution < -0.4 is 4.74 Å². The number of ether oxygens (including phenoxy) is 1. The molecule has 1 saturated heterocycles. The van der Waals surface area contributed by atoms with Gasteiger partial charge in [-0.25, -0.2) is 0 Å². The summed E-state index contributed by atoms with van der Waals surface area (Å²) in [6.45, 7) is 1.63. The number of nitrogens with zero attached hydrogens (tertiary/aromatic N) is 2. The third-order valence-electron chi connectivity index (χ3n) is 6.26. The molecule has 1 aliphatic heterocycles. The minimum absolute atomic E-state index is 0.404. The molecule has 0 radical (unpaired) electrons. The Hall–Kier alpha value is -2.93. The monoisotopic (exact) mass is 418 g/mol. The van der Waals surface area contributed by atoms with Gasteiger partial charge in [0.25, 0.3) is 0 Å². The number of hydrogen-bond donors (Lipinski definition) is 2. The molecule has 2 aromatic carbocycles. The van der Waals surface area contributed by atoms with Gasteiger partial charge in [-0.3, -0.25) is 9.88 Å². The van der Waals surface area contributed by atoms with Crippen molar-refractivity contribution in [2.75, 3.05) is 19.7 Å². The summed E-state index contributed by atoms with van der Waals surface area (Å²) in [6, 6.07) is 17.5. The first-order valence-electron chi connectivity index (χ1n) is 10.7. The second-order valence-electron chi connectivity index (χ2n) is 8.19. The number of benzene rings is 2. The van der Waals surface area contributed by atoms with E-state index >= 15 is 0 Å². The molecule has 0 spiro atoms. The number of hydrogen-bond acceptors (Lipinski definition) is 6. The molecule has 5 rings (SSSR count).